The summed E-state index contributed by atoms with van der Waals surface area (Å²) in [6, 6.07) is 14.5. The standard InChI is InChI=1S/C20H22FNO2.2CH2O/c1-14-9-10-22(18-7-5-17(21)6-8-18)13-19(14)16-4-2-3-15(11-16)12-20(23)24;2*1-2/h2-8,11,14,19H,9-10,12-13H2,1H3,(H,23,24);2*1H2. The van der Waals surface area contributed by atoms with E-state index in [1.165, 1.54) is 17.7 Å². The number of carboxylic acids is 1. The molecule has 28 heavy (non-hydrogen) atoms. The Bertz CT molecular complexity index is 748. The number of piperidine rings is 1. The summed E-state index contributed by atoms with van der Waals surface area (Å²) in [7, 11) is 0. The summed E-state index contributed by atoms with van der Waals surface area (Å²) >= 11 is 0. The number of carboxylic acid groups (broad SMARTS) is 1. The number of hydrogen-bond donors (Lipinski definition) is 1. The summed E-state index contributed by atoms with van der Waals surface area (Å²) in [5.41, 5.74) is 3.06. The van der Waals surface area contributed by atoms with Crippen LogP contribution >= 0.6 is 0 Å². The zero-order valence-electron chi connectivity index (χ0n) is 16.0. The van der Waals surface area contributed by atoms with E-state index in [9.17, 15) is 9.18 Å². The lowest BCUT2D eigenvalue weighted by atomic mass is 9.81. The molecular weight excluding hydrogens is 361 g/mol. The van der Waals surface area contributed by atoms with Gasteiger partial charge in [0, 0.05) is 24.7 Å². The average Bonchev–Trinajstić information content (AvgIpc) is 2.72. The predicted octanol–water partition coefficient (Wildman–Crippen LogP) is 3.71. The molecule has 1 saturated heterocycles. The van der Waals surface area contributed by atoms with Crippen LogP contribution in [0.15, 0.2) is 48.5 Å². The molecule has 2 aromatic rings. The van der Waals surface area contributed by atoms with Crippen molar-refractivity contribution in [3.05, 3.63) is 65.5 Å². The number of hydrogen-bond acceptors (Lipinski definition) is 4. The van der Waals surface area contributed by atoms with E-state index >= 15 is 0 Å². The normalized spacial score (nSPS) is 18.1. The number of anilines is 1. The second-order valence-corrected chi connectivity index (χ2v) is 6.61. The average molecular weight is 387 g/mol. The van der Waals surface area contributed by atoms with Crippen LogP contribution in [0.4, 0.5) is 10.1 Å². The van der Waals surface area contributed by atoms with Gasteiger partial charge in [-0.1, -0.05) is 31.2 Å². The largest absolute Gasteiger partial charge is 0.481 e. The third-order valence-corrected chi connectivity index (χ3v) is 4.88. The van der Waals surface area contributed by atoms with Crippen molar-refractivity contribution in [3.63, 3.8) is 0 Å². The summed E-state index contributed by atoms with van der Waals surface area (Å²) in [5.74, 6) is -0.154. The Kier molecular flexibility index (Phi) is 9.57. The summed E-state index contributed by atoms with van der Waals surface area (Å²) < 4.78 is 13.1. The first-order valence-electron chi connectivity index (χ1n) is 8.92. The fourth-order valence-electron chi connectivity index (χ4n) is 3.50. The quantitative estimate of drug-likeness (QED) is 0.866. The molecule has 1 aliphatic heterocycles. The van der Waals surface area contributed by atoms with Crippen LogP contribution in [0.3, 0.4) is 0 Å². The van der Waals surface area contributed by atoms with Gasteiger partial charge < -0.3 is 19.6 Å². The Morgan fingerprint density at radius 1 is 1.14 bits per heavy atom. The maximum absolute atomic E-state index is 13.1. The third kappa shape index (κ3) is 6.30. The van der Waals surface area contributed by atoms with Crippen LogP contribution < -0.4 is 4.90 Å². The zero-order chi connectivity index (χ0) is 21.1. The first kappa shape index (κ1) is 23.0. The lowest BCUT2D eigenvalue weighted by Gasteiger charge is -2.39. The molecule has 1 heterocycles. The highest BCUT2D eigenvalue weighted by molar-refractivity contribution is 5.70. The second-order valence-electron chi connectivity index (χ2n) is 6.61. The van der Waals surface area contributed by atoms with Crippen molar-refractivity contribution in [3.8, 4) is 0 Å². The van der Waals surface area contributed by atoms with Crippen LogP contribution in [0.1, 0.15) is 30.4 Å². The number of carbonyl (C=O) groups is 3. The lowest BCUT2D eigenvalue weighted by molar-refractivity contribution is -0.136. The van der Waals surface area contributed by atoms with Crippen molar-refractivity contribution >= 4 is 25.2 Å². The van der Waals surface area contributed by atoms with Gasteiger partial charge in [-0.05, 0) is 47.7 Å². The smallest absolute Gasteiger partial charge is 0.307 e. The van der Waals surface area contributed by atoms with Crippen molar-refractivity contribution in [1.29, 1.82) is 0 Å². The Morgan fingerprint density at radius 3 is 2.39 bits per heavy atom. The van der Waals surface area contributed by atoms with Crippen LogP contribution in [-0.2, 0) is 20.8 Å². The van der Waals surface area contributed by atoms with Crippen LogP contribution in [0.5, 0.6) is 0 Å². The van der Waals surface area contributed by atoms with Gasteiger partial charge in [0.25, 0.3) is 0 Å². The summed E-state index contributed by atoms with van der Waals surface area (Å²) in [6.07, 6.45) is 1.11. The molecule has 0 amide bonds. The van der Waals surface area contributed by atoms with Gasteiger partial charge in [0.1, 0.15) is 19.4 Å². The lowest BCUT2D eigenvalue weighted by Crippen LogP contribution is -2.38. The van der Waals surface area contributed by atoms with Crippen molar-refractivity contribution in [1.82, 2.24) is 0 Å². The fourth-order valence-corrected chi connectivity index (χ4v) is 3.50. The van der Waals surface area contributed by atoms with Gasteiger partial charge >= 0.3 is 5.97 Å². The van der Waals surface area contributed by atoms with Gasteiger partial charge in [0.2, 0.25) is 0 Å². The van der Waals surface area contributed by atoms with Gasteiger partial charge in [0.05, 0.1) is 6.42 Å². The van der Waals surface area contributed by atoms with E-state index in [-0.39, 0.29) is 12.2 Å². The van der Waals surface area contributed by atoms with Gasteiger partial charge in [-0.3, -0.25) is 4.79 Å². The SMILES string of the molecule is C=O.C=O.CC1CCN(c2ccc(F)cc2)CC1c1cccc(CC(=O)O)c1. The van der Waals surface area contributed by atoms with E-state index in [1.54, 1.807) is 0 Å². The Hall–Kier alpha value is -3.02. The molecule has 3 rings (SSSR count). The highest BCUT2D eigenvalue weighted by atomic mass is 19.1. The molecule has 2 atom stereocenters. The molecule has 1 fully saturated rings. The number of benzene rings is 2. The van der Waals surface area contributed by atoms with Crippen LogP contribution in [-0.4, -0.2) is 37.7 Å². The van der Waals surface area contributed by atoms with Crippen molar-refractivity contribution in [2.24, 2.45) is 5.92 Å². The fraction of sp³-hybridized carbons (Fsp3) is 0.318. The molecule has 0 aliphatic carbocycles. The highest BCUT2D eigenvalue weighted by Crippen LogP contribution is 2.34. The summed E-state index contributed by atoms with van der Waals surface area (Å²) in [6.45, 7) is 8.07. The minimum absolute atomic E-state index is 0.0522. The number of halogens is 1. The number of rotatable bonds is 4. The monoisotopic (exact) mass is 387 g/mol. The molecule has 5 nitrogen and oxygen atoms in total. The summed E-state index contributed by atoms with van der Waals surface area (Å²) in [5, 5.41) is 8.99. The topological polar surface area (TPSA) is 74.7 Å². The molecule has 0 bridgehead atoms. The molecule has 0 radical (unpaired) electrons. The molecule has 1 N–H and O–H groups in total. The van der Waals surface area contributed by atoms with Crippen LogP contribution in [0.25, 0.3) is 0 Å². The first-order chi connectivity index (χ1) is 13.5. The maximum Gasteiger partial charge on any atom is 0.307 e. The number of nitrogens with zero attached hydrogens (tertiary/aromatic N) is 1. The van der Waals surface area contributed by atoms with Crippen molar-refractivity contribution < 1.29 is 23.9 Å². The van der Waals surface area contributed by atoms with Gasteiger partial charge in [0.15, 0.2) is 0 Å². The first-order valence-corrected chi connectivity index (χ1v) is 8.92. The molecule has 6 heteroatoms. The maximum atomic E-state index is 13.1. The van der Waals surface area contributed by atoms with Crippen molar-refractivity contribution in [2.45, 2.75) is 25.7 Å². The molecule has 2 unspecified atom stereocenters. The molecule has 2 aromatic carbocycles. The zero-order valence-corrected chi connectivity index (χ0v) is 16.0. The van der Waals surface area contributed by atoms with E-state index < -0.39 is 5.97 Å². The number of carbonyl (C=O) groups excluding carboxylic acids is 2. The Balaban J connectivity index is 0.000000921. The van der Waals surface area contributed by atoms with Crippen LogP contribution in [0.2, 0.25) is 0 Å². The van der Waals surface area contributed by atoms with E-state index in [0.717, 1.165) is 30.8 Å². The highest BCUT2D eigenvalue weighted by Gasteiger charge is 2.27. The van der Waals surface area contributed by atoms with Gasteiger partial charge in [-0.15, -0.1) is 0 Å². The van der Waals surface area contributed by atoms with Crippen LogP contribution in [0, 0.1) is 11.7 Å². The van der Waals surface area contributed by atoms with E-state index in [0.29, 0.717) is 11.8 Å². The molecule has 150 valence electrons. The van der Waals surface area contributed by atoms with E-state index in [4.69, 9.17) is 14.7 Å². The van der Waals surface area contributed by atoms with Gasteiger partial charge in [-0.25, -0.2) is 4.39 Å². The molecular formula is C22H26FNO4. The summed E-state index contributed by atoms with van der Waals surface area (Å²) in [4.78, 5) is 29.2. The van der Waals surface area contributed by atoms with Crippen molar-refractivity contribution in [2.75, 3.05) is 18.0 Å². The molecule has 0 saturated carbocycles. The minimum Gasteiger partial charge on any atom is -0.481 e. The Labute approximate surface area is 164 Å². The van der Waals surface area contributed by atoms with E-state index in [1.807, 2.05) is 43.9 Å². The minimum atomic E-state index is -0.809. The second kappa shape index (κ2) is 11.6. The van der Waals surface area contributed by atoms with Gasteiger partial charge in [-0.2, -0.15) is 0 Å². The third-order valence-electron chi connectivity index (χ3n) is 4.88. The molecule has 0 aromatic heterocycles. The Morgan fingerprint density at radius 2 is 1.79 bits per heavy atom. The number of aliphatic carboxylic acids is 1. The molecule has 0 spiro atoms. The predicted molar refractivity (Wildman–Crippen MR) is 107 cm³/mol. The van der Waals surface area contributed by atoms with E-state index in [2.05, 4.69) is 17.9 Å². The molecule has 1 aliphatic rings.